The minimum Gasteiger partial charge on any atom is -0.336 e. The lowest BCUT2D eigenvalue weighted by Gasteiger charge is -2.27. The first kappa shape index (κ1) is 15.6. The van der Waals surface area contributed by atoms with Crippen LogP contribution in [-0.4, -0.2) is 29.9 Å². The predicted molar refractivity (Wildman–Crippen MR) is 86.0 cm³/mol. The number of nitrogens with zero attached hydrogens (tertiary/aromatic N) is 1. The Labute approximate surface area is 127 Å². The molecule has 2 rings (SSSR count). The SMILES string of the molecule is Cc1ccc(C(=O)N(CC2CC2)C(C)C)c(C#CCN)c1. The van der Waals surface area contributed by atoms with E-state index in [0.717, 1.165) is 17.7 Å². The fourth-order valence-corrected chi connectivity index (χ4v) is 2.36. The van der Waals surface area contributed by atoms with Crippen molar-refractivity contribution >= 4 is 5.91 Å². The molecular formula is C18H24N2O. The van der Waals surface area contributed by atoms with Crippen molar-refractivity contribution in [3.8, 4) is 11.8 Å². The van der Waals surface area contributed by atoms with E-state index in [9.17, 15) is 4.79 Å². The van der Waals surface area contributed by atoms with Crippen LogP contribution in [0.1, 0.15) is 48.2 Å². The van der Waals surface area contributed by atoms with Crippen molar-refractivity contribution in [2.24, 2.45) is 11.7 Å². The van der Waals surface area contributed by atoms with Crippen molar-refractivity contribution in [1.29, 1.82) is 0 Å². The lowest BCUT2D eigenvalue weighted by molar-refractivity contribution is 0.0696. The van der Waals surface area contributed by atoms with Gasteiger partial charge >= 0.3 is 0 Å². The number of carbonyl (C=O) groups is 1. The molecule has 3 heteroatoms. The molecule has 1 aromatic rings. The highest BCUT2D eigenvalue weighted by molar-refractivity contribution is 5.97. The second kappa shape index (κ2) is 6.78. The third-order valence-electron chi connectivity index (χ3n) is 3.77. The van der Waals surface area contributed by atoms with Crippen molar-refractivity contribution in [3.63, 3.8) is 0 Å². The Morgan fingerprint density at radius 3 is 2.71 bits per heavy atom. The smallest absolute Gasteiger partial charge is 0.255 e. The third kappa shape index (κ3) is 4.09. The van der Waals surface area contributed by atoms with E-state index in [1.54, 1.807) is 0 Å². The quantitative estimate of drug-likeness (QED) is 0.864. The van der Waals surface area contributed by atoms with Crippen molar-refractivity contribution in [3.05, 3.63) is 34.9 Å². The monoisotopic (exact) mass is 284 g/mol. The van der Waals surface area contributed by atoms with E-state index < -0.39 is 0 Å². The molecule has 0 bridgehead atoms. The molecule has 1 aliphatic rings. The summed E-state index contributed by atoms with van der Waals surface area (Å²) in [5, 5.41) is 0. The number of hydrogen-bond acceptors (Lipinski definition) is 2. The molecule has 112 valence electrons. The van der Waals surface area contributed by atoms with Gasteiger partial charge in [-0.1, -0.05) is 17.9 Å². The van der Waals surface area contributed by atoms with E-state index in [1.807, 2.05) is 30.0 Å². The first-order valence-corrected chi connectivity index (χ1v) is 7.63. The molecule has 1 fully saturated rings. The van der Waals surface area contributed by atoms with Gasteiger partial charge < -0.3 is 10.6 Å². The van der Waals surface area contributed by atoms with E-state index in [4.69, 9.17) is 5.73 Å². The van der Waals surface area contributed by atoms with Crippen molar-refractivity contribution in [2.45, 2.75) is 39.7 Å². The Kier molecular flexibility index (Phi) is 5.03. The molecule has 1 amide bonds. The van der Waals surface area contributed by atoms with Crippen molar-refractivity contribution in [1.82, 2.24) is 4.90 Å². The molecular weight excluding hydrogens is 260 g/mol. The van der Waals surface area contributed by atoms with Gasteiger partial charge in [0.2, 0.25) is 0 Å². The fraction of sp³-hybridized carbons (Fsp3) is 0.500. The van der Waals surface area contributed by atoms with Crippen LogP contribution in [0.2, 0.25) is 0 Å². The van der Waals surface area contributed by atoms with Gasteiger partial charge in [-0.2, -0.15) is 0 Å². The van der Waals surface area contributed by atoms with Crippen LogP contribution in [0.25, 0.3) is 0 Å². The van der Waals surface area contributed by atoms with Gasteiger partial charge in [0.15, 0.2) is 0 Å². The maximum absolute atomic E-state index is 12.9. The Morgan fingerprint density at radius 1 is 1.43 bits per heavy atom. The number of amides is 1. The molecule has 0 atom stereocenters. The highest BCUT2D eigenvalue weighted by atomic mass is 16.2. The first-order chi connectivity index (χ1) is 10.0. The van der Waals surface area contributed by atoms with Gasteiger partial charge in [0.25, 0.3) is 5.91 Å². The van der Waals surface area contributed by atoms with E-state index >= 15 is 0 Å². The van der Waals surface area contributed by atoms with Crippen LogP contribution >= 0.6 is 0 Å². The molecule has 0 radical (unpaired) electrons. The van der Waals surface area contributed by atoms with Crippen LogP contribution in [0, 0.1) is 24.7 Å². The average molecular weight is 284 g/mol. The summed E-state index contributed by atoms with van der Waals surface area (Å²) in [5.74, 6) is 6.65. The summed E-state index contributed by atoms with van der Waals surface area (Å²) in [4.78, 5) is 14.8. The largest absolute Gasteiger partial charge is 0.336 e. The van der Waals surface area contributed by atoms with Crippen LogP contribution in [0.3, 0.4) is 0 Å². The first-order valence-electron chi connectivity index (χ1n) is 7.63. The number of hydrogen-bond donors (Lipinski definition) is 1. The molecule has 0 aliphatic heterocycles. The summed E-state index contributed by atoms with van der Waals surface area (Å²) in [6, 6.07) is 6.03. The summed E-state index contributed by atoms with van der Waals surface area (Å²) in [6.45, 7) is 7.30. The summed E-state index contributed by atoms with van der Waals surface area (Å²) >= 11 is 0. The van der Waals surface area contributed by atoms with Crippen LogP contribution in [0.4, 0.5) is 0 Å². The molecule has 0 unspecified atom stereocenters. The van der Waals surface area contributed by atoms with Crippen LogP contribution in [-0.2, 0) is 0 Å². The average Bonchev–Trinajstić information content (AvgIpc) is 3.25. The molecule has 1 aliphatic carbocycles. The summed E-state index contributed by atoms with van der Waals surface area (Å²) in [7, 11) is 0. The normalized spacial score (nSPS) is 13.8. The number of nitrogens with two attached hydrogens (primary N) is 1. The summed E-state index contributed by atoms with van der Waals surface area (Å²) in [5.41, 5.74) is 8.03. The molecule has 3 nitrogen and oxygen atoms in total. The maximum Gasteiger partial charge on any atom is 0.255 e. The predicted octanol–water partition coefficient (Wildman–Crippen LogP) is 2.57. The molecule has 0 saturated heterocycles. The maximum atomic E-state index is 12.9. The zero-order valence-corrected chi connectivity index (χ0v) is 13.1. The number of aryl methyl sites for hydroxylation is 1. The van der Waals surface area contributed by atoms with Gasteiger partial charge in [0.05, 0.1) is 12.1 Å². The number of carbonyl (C=O) groups excluding carboxylic acids is 1. The second-order valence-electron chi connectivity index (χ2n) is 6.05. The van der Waals surface area contributed by atoms with Gasteiger partial charge in [-0.05, 0) is 57.2 Å². The molecule has 2 N–H and O–H groups in total. The van der Waals surface area contributed by atoms with Gasteiger partial charge in [-0.15, -0.1) is 0 Å². The molecule has 1 aromatic carbocycles. The summed E-state index contributed by atoms with van der Waals surface area (Å²) in [6.07, 6.45) is 2.48. The Morgan fingerprint density at radius 2 is 2.14 bits per heavy atom. The van der Waals surface area contributed by atoms with E-state index in [2.05, 4.69) is 25.7 Å². The molecule has 0 heterocycles. The zero-order valence-electron chi connectivity index (χ0n) is 13.1. The lowest BCUT2D eigenvalue weighted by Crippen LogP contribution is -2.38. The van der Waals surface area contributed by atoms with Crippen LogP contribution in [0.15, 0.2) is 18.2 Å². The summed E-state index contributed by atoms with van der Waals surface area (Å²) < 4.78 is 0. The number of benzene rings is 1. The molecule has 21 heavy (non-hydrogen) atoms. The lowest BCUT2D eigenvalue weighted by atomic mass is 10.0. The van der Waals surface area contributed by atoms with Crippen LogP contribution in [0.5, 0.6) is 0 Å². The standard InChI is InChI=1S/C18H24N2O/c1-13(2)20(12-15-7-8-15)18(21)17-9-6-14(3)11-16(17)5-4-10-19/h6,9,11,13,15H,7-8,10,12,19H2,1-3H3. The highest BCUT2D eigenvalue weighted by Gasteiger charge is 2.29. The van der Waals surface area contributed by atoms with Crippen molar-refractivity contribution in [2.75, 3.05) is 13.1 Å². The van der Waals surface area contributed by atoms with E-state index in [-0.39, 0.29) is 11.9 Å². The molecule has 1 saturated carbocycles. The second-order valence-corrected chi connectivity index (χ2v) is 6.05. The van der Waals surface area contributed by atoms with Gasteiger partial charge in [-0.3, -0.25) is 4.79 Å². The minimum atomic E-state index is 0.0817. The number of rotatable bonds is 4. The molecule has 0 aromatic heterocycles. The van der Waals surface area contributed by atoms with E-state index in [1.165, 1.54) is 12.8 Å². The van der Waals surface area contributed by atoms with E-state index in [0.29, 0.717) is 18.0 Å². The minimum absolute atomic E-state index is 0.0817. The van der Waals surface area contributed by atoms with Gasteiger partial charge in [0, 0.05) is 18.2 Å². The van der Waals surface area contributed by atoms with Gasteiger partial charge in [-0.25, -0.2) is 0 Å². The zero-order chi connectivity index (χ0) is 15.4. The highest BCUT2D eigenvalue weighted by Crippen LogP contribution is 2.31. The molecule has 0 spiro atoms. The van der Waals surface area contributed by atoms with Gasteiger partial charge in [0.1, 0.15) is 0 Å². The Bertz CT molecular complexity index is 577. The van der Waals surface area contributed by atoms with Crippen molar-refractivity contribution < 1.29 is 4.79 Å². The third-order valence-corrected chi connectivity index (χ3v) is 3.77. The fourth-order valence-electron chi connectivity index (χ4n) is 2.36. The Balaban J connectivity index is 2.31. The topological polar surface area (TPSA) is 46.3 Å². The Hall–Kier alpha value is -1.79. The van der Waals surface area contributed by atoms with Crippen LogP contribution < -0.4 is 5.73 Å².